The van der Waals surface area contributed by atoms with Crippen molar-refractivity contribution in [1.29, 1.82) is 0 Å². The molecule has 1 fully saturated rings. The molecule has 1 heterocycles. The van der Waals surface area contributed by atoms with E-state index in [-0.39, 0.29) is 17.9 Å². The summed E-state index contributed by atoms with van der Waals surface area (Å²) < 4.78 is 0. The highest BCUT2D eigenvalue weighted by atomic mass is 35.5. The minimum atomic E-state index is -0.330. The van der Waals surface area contributed by atoms with E-state index in [1.54, 1.807) is 41.0 Å². The second-order valence-corrected chi connectivity index (χ2v) is 6.99. The Kier molecular flexibility index (Phi) is 6.05. The number of benzene rings is 2. The van der Waals surface area contributed by atoms with Crippen molar-refractivity contribution in [2.45, 2.75) is 13.0 Å². The van der Waals surface area contributed by atoms with Gasteiger partial charge in [-0.1, -0.05) is 53.4 Å². The molecule has 0 spiro atoms. The number of carbonyl (C=O) groups is 2. The van der Waals surface area contributed by atoms with E-state index in [0.29, 0.717) is 35.2 Å². The van der Waals surface area contributed by atoms with Crippen molar-refractivity contribution < 1.29 is 9.59 Å². The Labute approximate surface area is 168 Å². The average molecular weight is 401 g/mol. The third-order valence-corrected chi connectivity index (χ3v) is 5.25. The first-order valence-electron chi connectivity index (χ1n) is 8.54. The molecular formula is C21H18Cl2N2O2. The van der Waals surface area contributed by atoms with Gasteiger partial charge in [-0.05, 0) is 42.7 Å². The molecule has 6 heteroatoms. The summed E-state index contributed by atoms with van der Waals surface area (Å²) in [6, 6.07) is 14.1. The summed E-state index contributed by atoms with van der Waals surface area (Å²) in [5, 5.41) is 0.861. The summed E-state index contributed by atoms with van der Waals surface area (Å²) in [7, 11) is 0. The van der Waals surface area contributed by atoms with E-state index < -0.39 is 0 Å². The first-order valence-corrected chi connectivity index (χ1v) is 9.29. The molecule has 0 bridgehead atoms. The van der Waals surface area contributed by atoms with Crippen molar-refractivity contribution in [2.75, 3.05) is 19.6 Å². The van der Waals surface area contributed by atoms with Gasteiger partial charge in [-0.25, -0.2) is 0 Å². The largest absolute Gasteiger partial charge is 0.328 e. The fourth-order valence-electron chi connectivity index (χ4n) is 3.15. The Hall–Kier alpha value is -2.48. The third kappa shape index (κ3) is 4.27. The summed E-state index contributed by atoms with van der Waals surface area (Å²) >= 11 is 12.2. The van der Waals surface area contributed by atoms with Gasteiger partial charge in [0.15, 0.2) is 0 Å². The molecule has 27 heavy (non-hydrogen) atoms. The molecular weight excluding hydrogens is 383 g/mol. The Morgan fingerprint density at radius 2 is 1.78 bits per heavy atom. The number of halogens is 2. The molecule has 138 valence electrons. The van der Waals surface area contributed by atoms with Crippen molar-refractivity contribution in [3.8, 4) is 11.8 Å². The Bertz CT molecular complexity index is 919. The van der Waals surface area contributed by atoms with Crippen LogP contribution in [-0.4, -0.2) is 41.2 Å². The zero-order valence-corrected chi connectivity index (χ0v) is 16.3. The highest BCUT2D eigenvalue weighted by molar-refractivity contribution is 6.42. The molecule has 1 aliphatic heterocycles. The smallest absolute Gasteiger partial charge is 0.298 e. The average Bonchev–Trinajstić information content (AvgIpc) is 2.70. The van der Waals surface area contributed by atoms with Gasteiger partial charge in [0.1, 0.15) is 0 Å². The first kappa shape index (κ1) is 19.3. The Balaban J connectivity index is 1.95. The van der Waals surface area contributed by atoms with Gasteiger partial charge < -0.3 is 9.80 Å². The molecule has 0 aliphatic carbocycles. The number of carbonyl (C=O) groups excluding carboxylic acids is 2. The van der Waals surface area contributed by atoms with Crippen LogP contribution < -0.4 is 0 Å². The molecule has 0 radical (unpaired) electrons. The van der Waals surface area contributed by atoms with E-state index in [1.807, 2.05) is 24.3 Å². The number of hydrogen-bond acceptors (Lipinski definition) is 2. The lowest BCUT2D eigenvalue weighted by molar-refractivity contribution is -0.127. The van der Waals surface area contributed by atoms with E-state index in [4.69, 9.17) is 23.2 Å². The summed E-state index contributed by atoms with van der Waals surface area (Å²) in [6.45, 7) is 2.83. The fraction of sp³-hybridized carbons (Fsp3) is 0.238. The highest BCUT2D eigenvalue weighted by Gasteiger charge is 2.33. The van der Waals surface area contributed by atoms with Gasteiger partial charge in [0.2, 0.25) is 0 Å². The van der Waals surface area contributed by atoms with Crippen LogP contribution in [0.5, 0.6) is 0 Å². The van der Waals surface area contributed by atoms with Crippen LogP contribution in [0.15, 0.2) is 48.5 Å². The molecule has 1 atom stereocenters. The van der Waals surface area contributed by atoms with Gasteiger partial charge in [-0.2, -0.15) is 0 Å². The van der Waals surface area contributed by atoms with Crippen LogP contribution in [0.25, 0.3) is 0 Å². The second kappa shape index (κ2) is 8.47. The van der Waals surface area contributed by atoms with Crippen LogP contribution in [-0.2, 0) is 4.79 Å². The second-order valence-electron chi connectivity index (χ2n) is 6.18. The van der Waals surface area contributed by atoms with Gasteiger partial charge in [-0.15, -0.1) is 0 Å². The number of amides is 2. The van der Waals surface area contributed by atoms with Gasteiger partial charge in [0.05, 0.1) is 16.1 Å². The first-order chi connectivity index (χ1) is 13.0. The topological polar surface area (TPSA) is 40.6 Å². The molecule has 0 saturated carbocycles. The minimum Gasteiger partial charge on any atom is -0.328 e. The molecule has 2 aromatic carbocycles. The predicted octanol–water partition coefficient (Wildman–Crippen LogP) is 4.04. The molecule has 4 nitrogen and oxygen atoms in total. The quantitative estimate of drug-likeness (QED) is 0.713. The van der Waals surface area contributed by atoms with Crippen molar-refractivity contribution in [3.63, 3.8) is 0 Å². The maximum Gasteiger partial charge on any atom is 0.298 e. The number of hydrogen-bond donors (Lipinski definition) is 0. The monoisotopic (exact) mass is 400 g/mol. The van der Waals surface area contributed by atoms with Crippen molar-refractivity contribution >= 4 is 35.0 Å². The lowest BCUT2D eigenvalue weighted by atomic mass is 10.0. The molecule has 0 N–H and O–H groups in total. The molecule has 2 aromatic rings. The number of nitrogens with zero attached hydrogens (tertiary/aromatic N) is 2. The molecule has 1 aliphatic rings. The molecule has 1 saturated heterocycles. The zero-order chi connectivity index (χ0) is 19.4. The van der Waals surface area contributed by atoms with E-state index in [2.05, 4.69) is 11.8 Å². The van der Waals surface area contributed by atoms with Gasteiger partial charge in [0, 0.05) is 25.2 Å². The summed E-state index contributed by atoms with van der Waals surface area (Å²) in [4.78, 5) is 28.8. The minimum absolute atomic E-state index is 0.0830. The number of piperazine rings is 1. The normalized spacial score (nSPS) is 16.5. The highest BCUT2D eigenvalue weighted by Crippen LogP contribution is 2.31. The van der Waals surface area contributed by atoms with Crippen molar-refractivity contribution in [1.82, 2.24) is 9.80 Å². The lowest BCUT2D eigenvalue weighted by Gasteiger charge is -2.41. The third-order valence-electron chi connectivity index (χ3n) is 4.51. The van der Waals surface area contributed by atoms with Crippen LogP contribution in [0.1, 0.15) is 28.9 Å². The number of rotatable bonds is 2. The van der Waals surface area contributed by atoms with E-state index in [0.717, 1.165) is 5.56 Å². The predicted molar refractivity (Wildman–Crippen MR) is 107 cm³/mol. The van der Waals surface area contributed by atoms with E-state index >= 15 is 0 Å². The standard InChI is InChI=1S/C21H18Cl2N2O2/c1-2-6-20(26)24-11-12-25(21(27)15-7-4-3-5-8-15)19(14-24)16-9-10-17(22)18(23)13-16/h3-5,7-10,13,19H,11-12,14H2,1H3. The van der Waals surface area contributed by atoms with Crippen LogP contribution >= 0.6 is 23.2 Å². The van der Waals surface area contributed by atoms with E-state index in [9.17, 15) is 9.59 Å². The summed E-state index contributed by atoms with van der Waals surface area (Å²) in [6.07, 6.45) is 0. The molecule has 1 unspecified atom stereocenters. The van der Waals surface area contributed by atoms with Crippen molar-refractivity contribution in [2.24, 2.45) is 0 Å². The van der Waals surface area contributed by atoms with E-state index in [1.165, 1.54) is 0 Å². The molecule has 0 aromatic heterocycles. The molecule has 3 rings (SSSR count). The summed E-state index contributed by atoms with van der Waals surface area (Å²) in [5.74, 6) is 4.88. The van der Waals surface area contributed by atoms with Crippen LogP contribution in [0, 0.1) is 11.8 Å². The van der Waals surface area contributed by atoms with Gasteiger partial charge in [-0.3, -0.25) is 9.59 Å². The van der Waals surface area contributed by atoms with Crippen LogP contribution in [0.2, 0.25) is 10.0 Å². The van der Waals surface area contributed by atoms with Crippen molar-refractivity contribution in [3.05, 3.63) is 69.7 Å². The van der Waals surface area contributed by atoms with Crippen LogP contribution in [0.3, 0.4) is 0 Å². The Morgan fingerprint density at radius 3 is 2.44 bits per heavy atom. The zero-order valence-electron chi connectivity index (χ0n) is 14.8. The maximum absolute atomic E-state index is 13.1. The lowest BCUT2D eigenvalue weighted by Crippen LogP contribution is -2.52. The van der Waals surface area contributed by atoms with Gasteiger partial charge >= 0.3 is 0 Å². The van der Waals surface area contributed by atoms with Gasteiger partial charge in [0.25, 0.3) is 11.8 Å². The maximum atomic E-state index is 13.1. The summed E-state index contributed by atoms with van der Waals surface area (Å²) in [5.41, 5.74) is 1.44. The fourth-order valence-corrected chi connectivity index (χ4v) is 3.45. The Morgan fingerprint density at radius 1 is 1.04 bits per heavy atom. The SMILES string of the molecule is CC#CC(=O)N1CCN(C(=O)c2ccccc2)C(c2ccc(Cl)c(Cl)c2)C1. The molecule has 2 amide bonds. The van der Waals surface area contributed by atoms with Crippen LogP contribution in [0.4, 0.5) is 0 Å².